The normalized spacial score (nSPS) is 11.0. The number of fused-ring (bicyclic) bond motifs is 1. The van der Waals surface area contributed by atoms with Gasteiger partial charge in [0.1, 0.15) is 0 Å². The number of aryl methyl sites for hydroxylation is 2. The summed E-state index contributed by atoms with van der Waals surface area (Å²) in [6.07, 6.45) is 0. The first kappa shape index (κ1) is 19.0. The molecule has 0 fully saturated rings. The lowest BCUT2D eigenvalue weighted by Crippen LogP contribution is -2.11. The van der Waals surface area contributed by atoms with Crippen LogP contribution in [0.4, 0.5) is 0 Å². The monoisotopic (exact) mass is 402 g/mol. The summed E-state index contributed by atoms with van der Waals surface area (Å²) in [5.41, 5.74) is 9.44. The second kappa shape index (κ2) is 7.69. The van der Waals surface area contributed by atoms with E-state index in [9.17, 15) is 4.79 Å². The number of benzene rings is 4. The Balaban J connectivity index is 1.56. The molecule has 31 heavy (non-hydrogen) atoms. The van der Waals surface area contributed by atoms with E-state index in [1.807, 2.05) is 42.5 Å². The molecule has 0 aliphatic carbocycles. The van der Waals surface area contributed by atoms with Crippen LogP contribution in [0.5, 0.6) is 0 Å². The molecule has 0 aliphatic heterocycles. The molecule has 0 atom stereocenters. The summed E-state index contributed by atoms with van der Waals surface area (Å²) in [5, 5.41) is 0.939. The first-order valence-electron chi connectivity index (χ1n) is 10.4. The minimum absolute atomic E-state index is 0.333. The van der Waals surface area contributed by atoms with Crippen molar-refractivity contribution < 1.29 is 0 Å². The molecule has 1 heterocycles. The molecule has 0 radical (unpaired) electrons. The van der Waals surface area contributed by atoms with Crippen LogP contribution >= 0.6 is 0 Å². The van der Waals surface area contributed by atoms with Crippen LogP contribution in [0, 0.1) is 13.8 Å². The summed E-state index contributed by atoms with van der Waals surface area (Å²) < 4.78 is 0. The van der Waals surface area contributed by atoms with E-state index in [0.29, 0.717) is 5.69 Å². The zero-order valence-electron chi connectivity index (χ0n) is 17.5. The van der Waals surface area contributed by atoms with Gasteiger partial charge in [-0.1, -0.05) is 84.9 Å². The average Bonchev–Trinajstić information content (AvgIpc) is 2.80. The molecule has 0 saturated heterocycles. The van der Waals surface area contributed by atoms with E-state index >= 15 is 0 Å². The van der Waals surface area contributed by atoms with Gasteiger partial charge in [-0.3, -0.25) is 0 Å². The van der Waals surface area contributed by atoms with Crippen molar-refractivity contribution >= 4 is 10.9 Å². The molecule has 3 nitrogen and oxygen atoms in total. The second-order valence-corrected chi connectivity index (χ2v) is 7.86. The highest BCUT2D eigenvalue weighted by Crippen LogP contribution is 2.33. The third-order valence-electron chi connectivity index (χ3n) is 5.76. The molecule has 1 N–H and O–H groups in total. The maximum absolute atomic E-state index is 12.0. The average molecular weight is 402 g/mol. The molecule has 0 saturated carbocycles. The van der Waals surface area contributed by atoms with Gasteiger partial charge in [0.05, 0.1) is 11.2 Å². The summed E-state index contributed by atoms with van der Waals surface area (Å²) in [6.45, 7) is 4.31. The smallest absolute Gasteiger partial charge is 0.305 e. The third-order valence-corrected chi connectivity index (χ3v) is 5.76. The van der Waals surface area contributed by atoms with Gasteiger partial charge in [-0.05, 0) is 53.3 Å². The van der Waals surface area contributed by atoms with Crippen molar-refractivity contribution in [2.24, 2.45) is 0 Å². The van der Waals surface area contributed by atoms with Crippen LogP contribution in [-0.4, -0.2) is 9.97 Å². The highest BCUT2D eigenvalue weighted by atomic mass is 16.1. The Bertz CT molecular complexity index is 1450. The zero-order chi connectivity index (χ0) is 21.4. The number of para-hydroxylation sites is 1. The predicted molar refractivity (Wildman–Crippen MR) is 128 cm³/mol. The van der Waals surface area contributed by atoms with Gasteiger partial charge in [0.2, 0.25) is 0 Å². The van der Waals surface area contributed by atoms with Crippen LogP contribution in [0.15, 0.2) is 95.8 Å². The van der Waals surface area contributed by atoms with Gasteiger partial charge < -0.3 is 4.98 Å². The molecule has 3 heteroatoms. The van der Waals surface area contributed by atoms with Crippen LogP contribution in [-0.2, 0) is 0 Å². The highest BCUT2D eigenvalue weighted by molar-refractivity contribution is 5.92. The van der Waals surface area contributed by atoms with Gasteiger partial charge in [0.25, 0.3) is 0 Å². The molecule has 0 unspecified atom stereocenters. The SMILES string of the molecule is Cc1cc(-c2ccc(-c3nc(=O)[nH]c4ccccc34)cc2)c(C)cc1-c1ccccc1. The van der Waals surface area contributed by atoms with E-state index < -0.39 is 0 Å². The number of hydrogen-bond acceptors (Lipinski definition) is 2. The highest BCUT2D eigenvalue weighted by Gasteiger charge is 2.11. The quantitative estimate of drug-likeness (QED) is 0.372. The van der Waals surface area contributed by atoms with Crippen LogP contribution < -0.4 is 5.69 Å². The van der Waals surface area contributed by atoms with Gasteiger partial charge in [-0.15, -0.1) is 0 Å². The number of rotatable bonds is 3. The first-order chi connectivity index (χ1) is 15.1. The van der Waals surface area contributed by atoms with Gasteiger partial charge >= 0.3 is 5.69 Å². The lowest BCUT2D eigenvalue weighted by atomic mass is 9.91. The van der Waals surface area contributed by atoms with Crippen LogP contribution in [0.1, 0.15) is 11.1 Å². The largest absolute Gasteiger partial charge is 0.345 e. The fraction of sp³-hybridized carbons (Fsp3) is 0.0714. The lowest BCUT2D eigenvalue weighted by molar-refractivity contribution is 1.12. The van der Waals surface area contributed by atoms with Gasteiger partial charge in [0, 0.05) is 10.9 Å². The summed E-state index contributed by atoms with van der Waals surface area (Å²) in [7, 11) is 0. The first-order valence-corrected chi connectivity index (χ1v) is 10.4. The van der Waals surface area contributed by atoms with E-state index in [4.69, 9.17) is 0 Å². The molecule has 150 valence electrons. The Labute approximate surface area is 181 Å². The van der Waals surface area contributed by atoms with Crippen LogP contribution in [0.2, 0.25) is 0 Å². The molecule has 5 aromatic rings. The summed E-state index contributed by atoms with van der Waals surface area (Å²) >= 11 is 0. The van der Waals surface area contributed by atoms with E-state index in [1.165, 1.54) is 27.8 Å². The minimum atomic E-state index is -0.333. The standard InChI is InChI=1S/C28H22N2O/c1-18-17-25(19(2)16-24(18)20-8-4-3-5-9-20)21-12-14-22(15-13-21)27-23-10-6-7-11-26(23)29-28(31)30-27/h3-17H,1-2H3,(H,29,30,31). The number of nitrogens with one attached hydrogen (secondary N) is 1. The summed E-state index contributed by atoms with van der Waals surface area (Å²) in [5.74, 6) is 0. The number of hydrogen-bond donors (Lipinski definition) is 1. The topological polar surface area (TPSA) is 45.8 Å². The predicted octanol–water partition coefficient (Wildman–Crippen LogP) is 6.54. The summed E-state index contributed by atoms with van der Waals surface area (Å²) in [6, 6.07) is 31.1. The number of aromatic nitrogens is 2. The Kier molecular flexibility index (Phi) is 4.72. The van der Waals surface area contributed by atoms with Crippen molar-refractivity contribution in [3.63, 3.8) is 0 Å². The number of nitrogens with zero attached hydrogens (tertiary/aromatic N) is 1. The van der Waals surface area contributed by atoms with E-state index in [1.54, 1.807) is 0 Å². The van der Waals surface area contributed by atoms with Crippen LogP contribution in [0.3, 0.4) is 0 Å². The van der Waals surface area contributed by atoms with Crippen molar-refractivity contribution in [1.82, 2.24) is 9.97 Å². The van der Waals surface area contributed by atoms with Gasteiger partial charge in [-0.25, -0.2) is 4.79 Å². The number of H-pyrrole nitrogens is 1. The molecule has 1 aromatic heterocycles. The molecular weight excluding hydrogens is 380 g/mol. The fourth-order valence-electron chi connectivity index (χ4n) is 4.19. The van der Waals surface area contributed by atoms with Crippen LogP contribution in [0.25, 0.3) is 44.4 Å². The molecule has 0 bridgehead atoms. The molecule has 0 aliphatic rings. The Morgan fingerprint density at radius 3 is 1.87 bits per heavy atom. The Morgan fingerprint density at radius 1 is 0.645 bits per heavy atom. The van der Waals surface area contributed by atoms with E-state index in [-0.39, 0.29) is 5.69 Å². The molecule has 4 aromatic carbocycles. The van der Waals surface area contributed by atoms with Crippen molar-refractivity contribution in [2.75, 3.05) is 0 Å². The molecule has 0 amide bonds. The van der Waals surface area contributed by atoms with Crippen molar-refractivity contribution in [3.05, 3.63) is 113 Å². The third kappa shape index (κ3) is 3.55. The Morgan fingerprint density at radius 2 is 1.19 bits per heavy atom. The zero-order valence-corrected chi connectivity index (χ0v) is 17.5. The fourth-order valence-corrected chi connectivity index (χ4v) is 4.19. The Hall–Kier alpha value is -3.98. The minimum Gasteiger partial charge on any atom is -0.305 e. The summed E-state index contributed by atoms with van der Waals surface area (Å²) in [4.78, 5) is 19.1. The van der Waals surface area contributed by atoms with E-state index in [2.05, 4.69) is 72.3 Å². The molecular formula is C28H22N2O. The lowest BCUT2D eigenvalue weighted by Gasteiger charge is -2.13. The molecule has 5 rings (SSSR count). The maximum atomic E-state index is 12.0. The van der Waals surface area contributed by atoms with Crippen molar-refractivity contribution in [1.29, 1.82) is 0 Å². The van der Waals surface area contributed by atoms with Crippen molar-refractivity contribution in [3.8, 4) is 33.5 Å². The molecule has 0 spiro atoms. The maximum Gasteiger partial charge on any atom is 0.345 e. The number of aromatic amines is 1. The second-order valence-electron chi connectivity index (χ2n) is 7.86. The van der Waals surface area contributed by atoms with Crippen molar-refractivity contribution in [2.45, 2.75) is 13.8 Å². The van der Waals surface area contributed by atoms with Gasteiger partial charge in [-0.2, -0.15) is 4.98 Å². The van der Waals surface area contributed by atoms with Gasteiger partial charge in [0.15, 0.2) is 0 Å². The van der Waals surface area contributed by atoms with E-state index in [0.717, 1.165) is 22.0 Å².